The van der Waals surface area contributed by atoms with Crippen molar-refractivity contribution in [3.8, 4) is 5.75 Å². The molecule has 7 nitrogen and oxygen atoms in total. The van der Waals surface area contributed by atoms with Crippen LogP contribution in [0.25, 0.3) is 0 Å². The van der Waals surface area contributed by atoms with E-state index in [2.05, 4.69) is 10.1 Å². The third-order valence-corrected chi connectivity index (χ3v) is 3.17. The van der Waals surface area contributed by atoms with Crippen LogP contribution >= 0.6 is 11.6 Å². The highest BCUT2D eigenvalue weighted by Crippen LogP contribution is 2.26. The second-order valence-electron chi connectivity index (χ2n) is 4.37. The fourth-order valence-electron chi connectivity index (χ4n) is 1.87. The van der Waals surface area contributed by atoms with Gasteiger partial charge in [-0.25, -0.2) is 9.67 Å². The van der Waals surface area contributed by atoms with Gasteiger partial charge in [-0.1, -0.05) is 6.92 Å². The monoisotopic (exact) mass is 310 g/mol. The van der Waals surface area contributed by atoms with Crippen molar-refractivity contribution in [1.29, 1.82) is 0 Å². The Hall–Kier alpha value is -2.15. The molecule has 0 N–H and O–H groups in total. The van der Waals surface area contributed by atoms with E-state index in [1.54, 1.807) is 10.7 Å². The molecule has 0 saturated carbocycles. The van der Waals surface area contributed by atoms with Crippen LogP contribution in [0.15, 0.2) is 24.5 Å². The number of alkyl halides is 1. The number of aryl methyl sites for hydroxylation is 1. The first-order valence-corrected chi connectivity index (χ1v) is 7.02. The highest BCUT2D eigenvalue weighted by Gasteiger charge is 2.12. The van der Waals surface area contributed by atoms with Crippen molar-refractivity contribution in [1.82, 2.24) is 14.8 Å². The quantitative estimate of drug-likeness (QED) is 0.446. The minimum absolute atomic E-state index is 0.00727. The molecule has 0 aliphatic heterocycles. The molecular formula is C13H15ClN4O3. The van der Waals surface area contributed by atoms with Crippen LogP contribution in [-0.2, 0) is 19.0 Å². The summed E-state index contributed by atoms with van der Waals surface area (Å²) in [6.45, 7) is 3.05. The first-order valence-electron chi connectivity index (χ1n) is 6.48. The number of nitrogens with zero attached hydrogens (tertiary/aromatic N) is 4. The van der Waals surface area contributed by atoms with Crippen molar-refractivity contribution in [2.75, 3.05) is 0 Å². The van der Waals surface area contributed by atoms with E-state index >= 15 is 0 Å². The molecule has 0 bridgehead atoms. The average molecular weight is 311 g/mol. The van der Waals surface area contributed by atoms with Crippen molar-refractivity contribution < 1.29 is 9.66 Å². The third-order valence-electron chi connectivity index (χ3n) is 2.89. The smallest absolute Gasteiger partial charge is 0.270 e. The molecule has 0 unspecified atom stereocenters. The lowest BCUT2D eigenvalue weighted by Gasteiger charge is -2.10. The maximum Gasteiger partial charge on any atom is 0.270 e. The zero-order valence-corrected chi connectivity index (χ0v) is 12.3. The van der Waals surface area contributed by atoms with E-state index in [9.17, 15) is 10.1 Å². The van der Waals surface area contributed by atoms with E-state index in [4.69, 9.17) is 16.3 Å². The van der Waals surface area contributed by atoms with Crippen LogP contribution in [0.5, 0.6) is 5.75 Å². The number of nitro benzene ring substituents is 1. The van der Waals surface area contributed by atoms with Gasteiger partial charge in [0.2, 0.25) is 0 Å². The molecule has 1 aromatic heterocycles. The summed E-state index contributed by atoms with van der Waals surface area (Å²) in [7, 11) is 0. The van der Waals surface area contributed by atoms with Gasteiger partial charge in [-0.3, -0.25) is 10.1 Å². The molecule has 0 aliphatic carbocycles. The number of benzene rings is 1. The van der Waals surface area contributed by atoms with E-state index < -0.39 is 4.92 Å². The van der Waals surface area contributed by atoms with Crippen LogP contribution in [0.3, 0.4) is 0 Å². The lowest BCUT2D eigenvalue weighted by molar-refractivity contribution is -0.384. The predicted molar refractivity (Wildman–Crippen MR) is 77.3 cm³/mol. The maximum absolute atomic E-state index is 10.7. The lowest BCUT2D eigenvalue weighted by Crippen LogP contribution is -2.09. The summed E-state index contributed by atoms with van der Waals surface area (Å²) in [6, 6.07) is 4.36. The SMILES string of the molecule is CCCn1ncnc1COc1ccc([N+](=O)[O-])cc1CCl. The highest BCUT2D eigenvalue weighted by atomic mass is 35.5. The molecule has 0 spiro atoms. The molecule has 2 rings (SSSR count). The molecule has 0 amide bonds. The Kier molecular flexibility index (Phi) is 5.10. The first-order chi connectivity index (χ1) is 10.2. The molecule has 1 heterocycles. The van der Waals surface area contributed by atoms with Gasteiger partial charge in [0, 0.05) is 24.2 Å². The van der Waals surface area contributed by atoms with Crippen LogP contribution in [0.1, 0.15) is 24.7 Å². The number of nitro groups is 1. The molecule has 0 fully saturated rings. The molecule has 0 saturated heterocycles. The normalized spacial score (nSPS) is 10.6. The van der Waals surface area contributed by atoms with Gasteiger partial charge in [0.1, 0.15) is 18.7 Å². The molecular weight excluding hydrogens is 296 g/mol. The van der Waals surface area contributed by atoms with Crippen molar-refractivity contribution in [3.05, 3.63) is 46.0 Å². The Bertz CT molecular complexity index is 630. The molecule has 21 heavy (non-hydrogen) atoms. The Balaban J connectivity index is 2.12. The standard InChI is InChI=1S/C13H15ClN4O3/c1-2-5-17-13(15-9-16-17)8-21-12-4-3-11(18(19)20)6-10(12)7-14/h3-4,6,9H,2,5,7-8H2,1H3. The molecule has 1 aromatic carbocycles. The number of hydrogen-bond acceptors (Lipinski definition) is 5. The van der Waals surface area contributed by atoms with Gasteiger partial charge in [0.05, 0.1) is 10.8 Å². The van der Waals surface area contributed by atoms with Crippen molar-refractivity contribution in [3.63, 3.8) is 0 Å². The summed E-state index contributed by atoms with van der Waals surface area (Å²) in [5.74, 6) is 1.36. The number of aromatic nitrogens is 3. The minimum Gasteiger partial charge on any atom is -0.485 e. The second-order valence-corrected chi connectivity index (χ2v) is 4.64. The summed E-state index contributed by atoms with van der Waals surface area (Å²) in [6.07, 6.45) is 2.42. The van der Waals surface area contributed by atoms with E-state index in [1.807, 2.05) is 6.92 Å². The number of ether oxygens (including phenoxy) is 1. The molecule has 2 aromatic rings. The molecule has 0 aliphatic rings. The number of hydrogen-bond donors (Lipinski definition) is 0. The Morgan fingerprint density at radius 2 is 2.29 bits per heavy atom. The summed E-state index contributed by atoms with van der Waals surface area (Å²) in [4.78, 5) is 14.4. The van der Waals surface area contributed by atoms with Gasteiger partial charge < -0.3 is 4.74 Å². The number of non-ortho nitro benzene ring substituents is 1. The lowest BCUT2D eigenvalue weighted by atomic mass is 10.2. The van der Waals surface area contributed by atoms with Crippen molar-refractivity contribution >= 4 is 17.3 Å². The average Bonchev–Trinajstić information content (AvgIpc) is 2.92. The van der Waals surface area contributed by atoms with Crippen LogP contribution in [0.2, 0.25) is 0 Å². The molecule has 0 atom stereocenters. The molecule has 8 heteroatoms. The fourth-order valence-corrected chi connectivity index (χ4v) is 2.07. The minimum atomic E-state index is -0.461. The summed E-state index contributed by atoms with van der Waals surface area (Å²) >= 11 is 5.81. The van der Waals surface area contributed by atoms with Crippen LogP contribution in [0, 0.1) is 10.1 Å². The van der Waals surface area contributed by atoms with E-state index in [-0.39, 0.29) is 18.2 Å². The zero-order chi connectivity index (χ0) is 15.2. The Labute approximate surface area is 126 Å². The number of halogens is 1. The van der Waals surface area contributed by atoms with Gasteiger partial charge in [-0.15, -0.1) is 11.6 Å². The fraction of sp³-hybridized carbons (Fsp3) is 0.385. The van der Waals surface area contributed by atoms with Gasteiger partial charge in [0.15, 0.2) is 5.82 Å². The van der Waals surface area contributed by atoms with E-state index in [1.165, 1.54) is 18.5 Å². The summed E-state index contributed by atoms with van der Waals surface area (Å²) in [5.41, 5.74) is 0.569. The summed E-state index contributed by atoms with van der Waals surface area (Å²) < 4.78 is 7.43. The number of rotatable bonds is 7. The van der Waals surface area contributed by atoms with Crippen LogP contribution in [-0.4, -0.2) is 19.7 Å². The highest BCUT2D eigenvalue weighted by molar-refractivity contribution is 6.17. The first kappa shape index (κ1) is 15.2. The zero-order valence-electron chi connectivity index (χ0n) is 11.5. The van der Waals surface area contributed by atoms with Gasteiger partial charge >= 0.3 is 0 Å². The maximum atomic E-state index is 10.7. The molecule has 112 valence electrons. The van der Waals surface area contributed by atoms with E-state index in [0.29, 0.717) is 17.1 Å². The van der Waals surface area contributed by atoms with E-state index in [0.717, 1.165) is 13.0 Å². The Morgan fingerprint density at radius 3 is 2.95 bits per heavy atom. The van der Waals surface area contributed by atoms with Gasteiger partial charge in [-0.05, 0) is 12.5 Å². The van der Waals surface area contributed by atoms with Gasteiger partial charge in [0.25, 0.3) is 5.69 Å². The Morgan fingerprint density at radius 1 is 1.48 bits per heavy atom. The van der Waals surface area contributed by atoms with Crippen molar-refractivity contribution in [2.45, 2.75) is 32.4 Å². The largest absolute Gasteiger partial charge is 0.485 e. The predicted octanol–water partition coefficient (Wildman–Crippen LogP) is 2.91. The topological polar surface area (TPSA) is 83.1 Å². The molecule has 0 radical (unpaired) electrons. The third kappa shape index (κ3) is 3.69. The second kappa shape index (κ2) is 7.03. The van der Waals surface area contributed by atoms with Crippen LogP contribution < -0.4 is 4.74 Å². The van der Waals surface area contributed by atoms with Crippen molar-refractivity contribution in [2.24, 2.45) is 0 Å². The van der Waals surface area contributed by atoms with Crippen LogP contribution in [0.4, 0.5) is 5.69 Å². The van der Waals surface area contributed by atoms with Gasteiger partial charge in [-0.2, -0.15) is 5.10 Å². The summed E-state index contributed by atoms with van der Waals surface area (Å²) in [5, 5.41) is 14.8.